The predicted molar refractivity (Wildman–Crippen MR) is 76.9 cm³/mol. The van der Waals surface area contributed by atoms with Crippen LogP contribution in [0.15, 0.2) is 5.16 Å². The van der Waals surface area contributed by atoms with Crippen molar-refractivity contribution in [1.82, 2.24) is 5.32 Å². The van der Waals surface area contributed by atoms with Crippen LogP contribution >= 0.6 is 0 Å². The third kappa shape index (κ3) is 1.79. The number of oxime groups is 1. The SMILES string of the molecule is COCCCNC(=O)C12CCC(C)(/C(=N/O)C1)C2(C)C. The summed E-state index contributed by atoms with van der Waals surface area (Å²) in [5, 5.41) is 15.8. The van der Waals surface area contributed by atoms with Crippen molar-refractivity contribution < 1.29 is 14.7 Å². The highest BCUT2D eigenvalue weighted by molar-refractivity contribution is 6.02. The van der Waals surface area contributed by atoms with E-state index in [-0.39, 0.29) is 16.7 Å². The zero-order valence-electron chi connectivity index (χ0n) is 13.0. The summed E-state index contributed by atoms with van der Waals surface area (Å²) >= 11 is 0. The summed E-state index contributed by atoms with van der Waals surface area (Å²) in [6, 6.07) is 0. The van der Waals surface area contributed by atoms with Crippen molar-refractivity contribution in [1.29, 1.82) is 0 Å². The third-order valence-electron chi connectivity index (χ3n) is 6.10. The molecule has 0 heterocycles. The second kappa shape index (κ2) is 5.02. The fraction of sp³-hybridized carbons (Fsp3) is 0.867. The highest BCUT2D eigenvalue weighted by Gasteiger charge is 2.71. The number of carbonyl (C=O) groups excluding carboxylic acids is 1. The largest absolute Gasteiger partial charge is 0.411 e. The summed E-state index contributed by atoms with van der Waals surface area (Å²) < 4.78 is 5.00. The molecule has 2 atom stereocenters. The van der Waals surface area contributed by atoms with Crippen molar-refractivity contribution in [2.24, 2.45) is 21.4 Å². The molecule has 0 aromatic rings. The standard InChI is InChI=1S/C15H26N2O3/c1-13(2)14(3)6-7-15(13,10-11(14)17-19)12(18)16-8-5-9-20-4/h19H,5-10H2,1-4H3,(H,16,18)/b17-11+. The summed E-state index contributed by atoms with van der Waals surface area (Å²) in [6.07, 6.45) is 3.16. The van der Waals surface area contributed by atoms with Gasteiger partial charge in [0, 0.05) is 32.1 Å². The first-order valence-electron chi connectivity index (χ1n) is 7.34. The second-order valence-corrected chi connectivity index (χ2v) is 6.86. The van der Waals surface area contributed by atoms with E-state index in [9.17, 15) is 10.0 Å². The topological polar surface area (TPSA) is 70.9 Å². The van der Waals surface area contributed by atoms with Gasteiger partial charge in [-0.1, -0.05) is 25.9 Å². The van der Waals surface area contributed by atoms with Crippen LogP contribution in [0.4, 0.5) is 0 Å². The van der Waals surface area contributed by atoms with Crippen LogP contribution in [0, 0.1) is 16.2 Å². The summed E-state index contributed by atoms with van der Waals surface area (Å²) in [4.78, 5) is 12.7. The number of fused-ring (bicyclic) bond motifs is 2. The van der Waals surface area contributed by atoms with Gasteiger partial charge in [0.1, 0.15) is 0 Å². The summed E-state index contributed by atoms with van der Waals surface area (Å²) in [7, 11) is 1.66. The molecule has 5 heteroatoms. The summed E-state index contributed by atoms with van der Waals surface area (Å²) in [5.74, 6) is 0.0981. The first-order chi connectivity index (χ1) is 9.35. The van der Waals surface area contributed by atoms with Crippen molar-refractivity contribution in [3.63, 3.8) is 0 Å². The molecule has 2 fully saturated rings. The molecule has 0 aromatic heterocycles. The molecule has 114 valence electrons. The number of rotatable bonds is 5. The van der Waals surface area contributed by atoms with E-state index in [1.807, 2.05) is 0 Å². The molecule has 2 aliphatic rings. The summed E-state index contributed by atoms with van der Waals surface area (Å²) in [6.45, 7) is 7.67. The van der Waals surface area contributed by atoms with E-state index in [0.29, 0.717) is 19.6 Å². The minimum absolute atomic E-state index is 0.0981. The van der Waals surface area contributed by atoms with Gasteiger partial charge in [-0.2, -0.15) is 0 Å². The summed E-state index contributed by atoms with van der Waals surface area (Å²) in [5.41, 5.74) is -0.0182. The fourth-order valence-corrected chi connectivity index (χ4v) is 4.12. The number of carbonyl (C=O) groups is 1. The van der Waals surface area contributed by atoms with Crippen LogP contribution in [0.2, 0.25) is 0 Å². The molecule has 0 aromatic carbocycles. The van der Waals surface area contributed by atoms with E-state index in [0.717, 1.165) is 25.0 Å². The lowest BCUT2D eigenvalue weighted by atomic mass is 9.64. The smallest absolute Gasteiger partial charge is 0.227 e. The number of nitrogens with one attached hydrogen (secondary N) is 1. The lowest BCUT2D eigenvalue weighted by Gasteiger charge is -2.39. The maximum Gasteiger partial charge on any atom is 0.227 e. The Morgan fingerprint density at radius 1 is 1.40 bits per heavy atom. The van der Waals surface area contributed by atoms with Gasteiger partial charge in [0.2, 0.25) is 5.91 Å². The molecule has 2 saturated carbocycles. The molecule has 2 aliphatic carbocycles. The van der Waals surface area contributed by atoms with E-state index in [4.69, 9.17) is 4.74 Å². The van der Waals surface area contributed by atoms with E-state index in [1.54, 1.807) is 7.11 Å². The predicted octanol–water partition coefficient (Wildman–Crippen LogP) is 2.19. The van der Waals surface area contributed by atoms with Crippen molar-refractivity contribution in [3.05, 3.63) is 0 Å². The quantitative estimate of drug-likeness (QED) is 0.461. The zero-order chi connectivity index (χ0) is 15.0. The Balaban J connectivity index is 2.16. The highest BCUT2D eigenvalue weighted by atomic mass is 16.5. The van der Waals surface area contributed by atoms with Gasteiger partial charge >= 0.3 is 0 Å². The molecule has 2 bridgehead atoms. The van der Waals surface area contributed by atoms with Crippen LogP contribution in [-0.2, 0) is 9.53 Å². The third-order valence-corrected chi connectivity index (χ3v) is 6.10. The number of nitrogens with zero attached hydrogens (tertiary/aromatic N) is 1. The Labute approximate surface area is 120 Å². The first-order valence-corrected chi connectivity index (χ1v) is 7.34. The second-order valence-electron chi connectivity index (χ2n) is 6.86. The van der Waals surface area contributed by atoms with E-state index in [2.05, 4.69) is 31.2 Å². The van der Waals surface area contributed by atoms with E-state index < -0.39 is 5.41 Å². The van der Waals surface area contributed by atoms with Gasteiger partial charge in [0.25, 0.3) is 0 Å². The van der Waals surface area contributed by atoms with Crippen LogP contribution < -0.4 is 5.32 Å². The molecule has 0 radical (unpaired) electrons. The first kappa shape index (κ1) is 15.3. The molecule has 5 nitrogen and oxygen atoms in total. The lowest BCUT2D eigenvalue weighted by molar-refractivity contribution is -0.135. The molecule has 0 aliphatic heterocycles. The monoisotopic (exact) mass is 282 g/mol. The molecule has 1 amide bonds. The number of hydrogen-bond acceptors (Lipinski definition) is 4. The number of methoxy groups -OCH3 is 1. The molecule has 2 N–H and O–H groups in total. The molecule has 0 saturated heterocycles. The van der Waals surface area contributed by atoms with Crippen LogP contribution in [0.25, 0.3) is 0 Å². The normalized spacial score (nSPS) is 36.5. The van der Waals surface area contributed by atoms with E-state index in [1.165, 1.54) is 0 Å². The Bertz CT molecular complexity index is 433. The van der Waals surface area contributed by atoms with Crippen molar-refractivity contribution in [2.75, 3.05) is 20.3 Å². The van der Waals surface area contributed by atoms with E-state index >= 15 is 0 Å². The van der Waals surface area contributed by atoms with Crippen LogP contribution in [-0.4, -0.2) is 37.1 Å². The van der Waals surface area contributed by atoms with Gasteiger partial charge < -0.3 is 15.3 Å². The highest BCUT2D eigenvalue weighted by Crippen LogP contribution is 2.70. The van der Waals surface area contributed by atoms with Gasteiger partial charge in [-0.15, -0.1) is 0 Å². The molecular formula is C15H26N2O3. The Kier molecular flexibility index (Phi) is 3.84. The Morgan fingerprint density at radius 2 is 2.10 bits per heavy atom. The molecule has 20 heavy (non-hydrogen) atoms. The fourth-order valence-electron chi connectivity index (χ4n) is 4.12. The van der Waals surface area contributed by atoms with Gasteiger partial charge in [-0.25, -0.2) is 0 Å². The van der Waals surface area contributed by atoms with Crippen LogP contribution in [0.1, 0.15) is 46.5 Å². The number of amides is 1. The van der Waals surface area contributed by atoms with Gasteiger partial charge in [0.05, 0.1) is 11.1 Å². The minimum atomic E-state index is -0.434. The number of hydrogen-bond donors (Lipinski definition) is 2. The van der Waals surface area contributed by atoms with Gasteiger partial charge in [0.15, 0.2) is 0 Å². The average molecular weight is 282 g/mol. The average Bonchev–Trinajstić information content (AvgIpc) is 2.73. The minimum Gasteiger partial charge on any atom is -0.411 e. The zero-order valence-corrected chi connectivity index (χ0v) is 13.0. The lowest BCUT2D eigenvalue weighted by Crippen LogP contribution is -2.47. The van der Waals surface area contributed by atoms with Crippen molar-refractivity contribution in [2.45, 2.75) is 46.5 Å². The number of ether oxygens (including phenoxy) is 1. The maximum absolute atomic E-state index is 12.7. The van der Waals surface area contributed by atoms with Crippen LogP contribution in [0.5, 0.6) is 0 Å². The Hall–Kier alpha value is -1.10. The van der Waals surface area contributed by atoms with Crippen molar-refractivity contribution in [3.8, 4) is 0 Å². The maximum atomic E-state index is 12.7. The Morgan fingerprint density at radius 3 is 2.65 bits per heavy atom. The molecular weight excluding hydrogens is 256 g/mol. The molecule has 2 rings (SSSR count). The molecule has 0 spiro atoms. The van der Waals surface area contributed by atoms with Gasteiger partial charge in [-0.3, -0.25) is 4.79 Å². The van der Waals surface area contributed by atoms with Crippen LogP contribution in [0.3, 0.4) is 0 Å². The van der Waals surface area contributed by atoms with Gasteiger partial charge in [-0.05, 0) is 24.7 Å². The van der Waals surface area contributed by atoms with Crippen molar-refractivity contribution >= 4 is 11.6 Å². The molecule has 2 unspecified atom stereocenters.